The molecule has 7 nitrogen and oxygen atoms in total. The summed E-state index contributed by atoms with van der Waals surface area (Å²) in [5.74, 6) is 2.29. The van der Waals surface area contributed by atoms with Gasteiger partial charge in [0, 0.05) is 11.1 Å². The van der Waals surface area contributed by atoms with Crippen molar-refractivity contribution in [3.8, 4) is 17.2 Å². The Balaban J connectivity index is 1.23. The van der Waals surface area contributed by atoms with Crippen LogP contribution < -0.4 is 19.5 Å². The first-order valence-electron chi connectivity index (χ1n) is 12.2. The lowest BCUT2D eigenvalue weighted by atomic mass is 9.94. The Kier molecular flexibility index (Phi) is 5.86. The van der Waals surface area contributed by atoms with Crippen LogP contribution in [-0.2, 0) is 10.2 Å². The maximum Gasteiger partial charge on any atom is 0.236 e. The molecule has 0 bridgehead atoms. The number of nitrogens with one attached hydrogen (secondary N) is 1. The fourth-order valence-electron chi connectivity index (χ4n) is 5.17. The minimum Gasteiger partial charge on any atom is -0.497 e. The topological polar surface area (TPSA) is 72.9 Å². The summed E-state index contributed by atoms with van der Waals surface area (Å²) in [7, 11) is 1.69. The monoisotopic (exact) mass is 491 g/mol. The van der Waals surface area contributed by atoms with Gasteiger partial charge in [-0.05, 0) is 74.2 Å². The molecule has 182 valence electrons. The number of likely N-dealkylation sites (tertiary alicyclic amines) is 1. The summed E-state index contributed by atoms with van der Waals surface area (Å²) < 4.78 is 16.3. The third-order valence-electron chi connectivity index (χ3n) is 7.31. The summed E-state index contributed by atoms with van der Waals surface area (Å²) in [6, 6.07) is 14.2. The Bertz CT molecular complexity index is 1220. The number of piperidine rings is 1. The first-order chi connectivity index (χ1) is 17.2. The first kappa shape index (κ1) is 22.4. The number of carbonyl (C=O) groups is 1. The van der Waals surface area contributed by atoms with Crippen molar-refractivity contribution in [1.82, 2.24) is 9.88 Å². The summed E-state index contributed by atoms with van der Waals surface area (Å²) in [6.07, 6.45) is 7.24. The van der Waals surface area contributed by atoms with Gasteiger partial charge in [0.15, 0.2) is 16.6 Å². The van der Waals surface area contributed by atoms with Crippen LogP contribution in [0.15, 0.2) is 48.7 Å². The number of hydrogen-bond acceptors (Lipinski definition) is 7. The number of hydrogen-bond donors (Lipinski definition) is 1. The van der Waals surface area contributed by atoms with Crippen LogP contribution in [0.2, 0.25) is 0 Å². The largest absolute Gasteiger partial charge is 0.497 e. The van der Waals surface area contributed by atoms with E-state index in [1.54, 1.807) is 18.4 Å². The molecule has 0 radical (unpaired) electrons. The molecule has 2 aliphatic heterocycles. The predicted molar refractivity (Wildman–Crippen MR) is 134 cm³/mol. The fourth-order valence-corrected chi connectivity index (χ4v) is 6.15. The number of anilines is 1. The molecule has 3 heterocycles. The molecule has 0 spiro atoms. The van der Waals surface area contributed by atoms with Crippen LogP contribution in [0.3, 0.4) is 0 Å². The molecule has 1 aromatic heterocycles. The molecule has 2 aromatic carbocycles. The van der Waals surface area contributed by atoms with Gasteiger partial charge in [-0.2, -0.15) is 0 Å². The van der Waals surface area contributed by atoms with E-state index in [0.717, 1.165) is 47.9 Å². The number of carbonyl (C=O) groups excluding carboxylic acids is 1. The molecule has 1 aliphatic carbocycles. The van der Waals surface area contributed by atoms with Crippen molar-refractivity contribution in [2.75, 3.05) is 32.3 Å². The van der Waals surface area contributed by atoms with Crippen molar-refractivity contribution in [3.05, 3.63) is 64.7 Å². The average molecular weight is 492 g/mol. The molecule has 2 fully saturated rings. The quantitative estimate of drug-likeness (QED) is 0.494. The van der Waals surface area contributed by atoms with Crippen LogP contribution in [-0.4, -0.2) is 42.8 Å². The number of aromatic nitrogens is 1. The van der Waals surface area contributed by atoms with Crippen LogP contribution >= 0.6 is 11.3 Å². The second kappa shape index (κ2) is 9.17. The van der Waals surface area contributed by atoms with E-state index in [1.165, 1.54) is 24.8 Å². The van der Waals surface area contributed by atoms with Gasteiger partial charge in [-0.25, -0.2) is 4.98 Å². The maximum atomic E-state index is 13.4. The van der Waals surface area contributed by atoms with Gasteiger partial charge in [-0.15, -0.1) is 0 Å². The van der Waals surface area contributed by atoms with Gasteiger partial charge >= 0.3 is 0 Å². The zero-order valence-electron chi connectivity index (χ0n) is 19.8. The van der Waals surface area contributed by atoms with Crippen LogP contribution in [0.5, 0.6) is 17.2 Å². The van der Waals surface area contributed by atoms with Crippen molar-refractivity contribution < 1.29 is 19.0 Å². The van der Waals surface area contributed by atoms with Crippen LogP contribution in [0, 0.1) is 0 Å². The molecule has 1 saturated heterocycles. The van der Waals surface area contributed by atoms with Gasteiger partial charge < -0.3 is 19.5 Å². The normalized spacial score (nSPS) is 19.2. The highest BCUT2D eigenvalue weighted by molar-refractivity contribution is 7.15. The Morgan fingerprint density at radius 1 is 1.09 bits per heavy atom. The molecule has 3 aromatic rings. The van der Waals surface area contributed by atoms with Crippen molar-refractivity contribution in [2.24, 2.45) is 0 Å². The number of methoxy groups -OCH3 is 1. The summed E-state index contributed by atoms with van der Waals surface area (Å²) in [4.78, 5) is 21.7. The first-order valence-corrected chi connectivity index (χ1v) is 13.0. The van der Waals surface area contributed by atoms with Gasteiger partial charge in [0.05, 0.1) is 18.6 Å². The molecular weight excluding hydrogens is 462 g/mol. The summed E-state index contributed by atoms with van der Waals surface area (Å²) in [6.45, 7) is 2.35. The third-order valence-corrected chi connectivity index (χ3v) is 8.28. The Morgan fingerprint density at radius 3 is 2.60 bits per heavy atom. The number of fused-ring (bicyclic) bond motifs is 1. The summed E-state index contributed by atoms with van der Waals surface area (Å²) >= 11 is 1.57. The molecule has 1 N–H and O–H groups in total. The summed E-state index contributed by atoms with van der Waals surface area (Å²) in [5, 5.41) is 3.76. The average Bonchev–Trinajstić information content (AvgIpc) is 3.37. The molecule has 1 saturated carbocycles. The van der Waals surface area contributed by atoms with E-state index in [9.17, 15) is 4.79 Å². The van der Waals surface area contributed by atoms with Crippen molar-refractivity contribution in [1.29, 1.82) is 0 Å². The molecular formula is C27H29N3O4S. The Hall–Kier alpha value is -3.10. The minimum absolute atomic E-state index is 0.00349. The van der Waals surface area contributed by atoms with Crippen LogP contribution in [0.1, 0.15) is 54.1 Å². The maximum absolute atomic E-state index is 13.4. The van der Waals surface area contributed by atoms with E-state index in [4.69, 9.17) is 14.2 Å². The van der Waals surface area contributed by atoms with E-state index in [-0.39, 0.29) is 18.7 Å². The lowest BCUT2D eigenvalue weighted by Gasteiger charge is -2.34. The zero-order chi connectivity index (χ0) is 23.8. The van der Waals surface area contributed by atoms with Crippen molar-refractivity contribution >= 4 is 22.4 Å². The van der Waals surface area contributed by atoms with Crippen LogP contribution in [0.4, 0.5) is 5.13 Å². The third kappa shape index (κ3) is 4.25. The highest BCUT2D eigenvalue weighted by atomic mass is 32.1. The second-order valence-electron chi connectivity index (χ2n) is 9.44. The number of ether oxygens (including phenoxy) is 3. The molecule has 3 aliphatic rings. The standard InChI is InChI=1S/C27H29N3O4S/c1-32-20-8-5-18(6-9-20)24(30-13-3-2-4-14-30)23-16-28-26(35-23)29-25(31)27(11-12-27)19-7-10-21-22(15-19)34-17-33-21/h5-10,15-16,24H,2-4,11-14,17H2,1H3,(H,28,29,31). The fraction of sp³-hybridized carbons (Fsp3) is 0.407. The van der Waals surface area contributed by atoms with E-state index >= 15 is 0 Å². The van der Waals surface area contributed by atoms with Gasteiger partial charge in [0.2, 0.25) is 12.7 Å². The molecule has 6 rings (SSSR count). The van der Waals surface area contributed by atoms with Gasteiger partial charge in [-0.1, -0.05) is 36.0 Å². The van der Waals surface area contributed by atoms with E-state index in [0.29, 0.717) is 10.9 Å². The number of benzene rings is 2. The molecule has 1 unspecified atom stereocenters. The molecule has 8 heteroatoms. The Morgan fingerprint density at radius 2 is 1.86 bits per heavy atom. The highest BCUT2D eigenvalue weighted by Gasteiger charge is 2.52. The van der Waals surface area contributed by atoms with Gasteiger partial charge in [0.1, 0.15) is 5.75 Å². The zero-order valence-corrected chi connectivity index (χ0v) is 20.6. The predicted octanol–water partition coefficient (Wildman–Crippen LogP) is 5.13. The lowest BCUT2D eigenvalue weighted by molar-refractivity contribution is -0.118. The minimum atomic E-state index is -0.519. The second-order valence-corrected chi connectivity index (χ2v) is 10.5. The molecule has 1 atom stereocenters. The van der Waals surface area contributed by atoms with E-state index in [2.05, 4.69) is 27.3 Å². The highest BCUT2D eigenvalue weighted by Crippen LogP contribution is 2.51. The summed E-state index contributed by atoms with van der Waals surface area (Å²) in [5.41, 5.74) is 1.67. The van der Waals surface area contributed by atoms with E-state index < -0.39 is 5.41 Å². The smallest absolute Gasteiger partial charge is 0.236 e. The van der Waals surface area contributed by atoms with Crippen molar-refractivity contribution in [2.45, 2.75) is 43.6 Å². The SMILES string of the molecule is COc1ccc(C(c2cnc(NC(=O)C3(c4ccc5c(c4)OCO5)CC3)s2)N2CCCCC2)cc1. The molecule has 35 heavy (non-hydrogen) atoms. The Labute approximate surface area is 209 Å². The van der Waals surface area contributed by atoms with Gasteiger partial charge in [-0.3, -0.25) is 9.69 Å². The number of thiazole rings is 1. The number of nitrogens with zero attached hydrogens (tertiary/aromatic N) is 2. The van der Waals surface area contributed by atoms with E-state index in [1.807, 2.05) is 36.5 Å². The number of rotatable bonds is 7. The van der Waals surface area contributed by atoms with Crippen molar-refractivity contribution in [3.63, 3.8) is 0 Å². The molecule has 1 amide bonds. The lowest BCUT2D eigenvalue weighted by Crippen LogP contribution is -2.34. The van der Waals surface area contributed by atoms with Gasteiger partial charge in [0.25, 0.3) is 0 Å². The van der Waals surface area contributed by atoms with Crippen LogP contribution in [0.25, 0.3) is 0 Å². The number of amides is 1.